The van der Waals surface area contributed by atoms with Crippen molar-refractivity contribution < 1.29 is 9.59 Å². The predicted octanol–water partition coefficient (Wildman–Crippen LogP) is 5.04. The molecule has 0 atom stereocenters. The first-order chi connectivity index (χ1) is 11.7. The van der Waals surface area contributed by atoms with Crippen LogP contribution >= 0.6 is 24.4 Å². The van der Waals surface area contributed by atoms with Crippen LogP contribution in [0.2, 0.25) is 0 Å². The van der Waals surface area contributed by atoms with Crippen LogP contribution in [0.1, 0.15) is 57.5 Å². The zero-order chi connectivity index (χ0) is 16.9. The maximum atomic E-state index is 12.9. The van der Waals surface area contributed by atoms with Gasteiger partial charge in [-0.1, -0.05) is 49.2 Å². The maximum Gasteiger partial charge on any atom is 0.195 e. The van der Waals surface area contributed by atoms with Gasteiger partial charge in [0.05, 0.1) is 0 Å². The molecule has 0 unspecified atom stereocenters. The molecule has 2 nitrogen and oxygen atoms in total. The molecule has 0 saturated carbocycles. The van der Waals surface area contributed by atoms with Crippen LogP contribution in [0.4, 0.5) is 0 Å². The highest BCUT2D eigenvalue weighted by Gasteiger charge is 2.31. The van der Waals surface area contributed by atoms with Crippen LogP contribution in [-0.4, -0.2) is 23.1 Å². The van der Waals surface area contributed by atoms with Gasteiger partial charge in [0.15, 0.2) is 11.6 Å². The van der Waals surface area contributed by atoms with Gasteiger partial charge in [0, 0.05) is 27.1 Å². The van der Waals surface area contributed by atoms with Crippen molar-refractivity contribution in [3.63, 3.8) is 0 Å². The van der Waals surface area contributed by atoms with E-state index in [-0.39, 0.29) is 11.6 Å². The molecule has 2 aromatic rings. The summed E-state index contributed by atoms with van der Waals surface area (Å²) in [4.78, 5) is 26.5. The second-order valence-corrected chi connectivity index (χ2v) is 7.45. The van der Waals surface area contributed by atoms with Crippen molar-refractivity contribution in [2.75, 3.05) is 11.5 Å². The molecule has 2 aromatic carbocycles. The Morgan fingerprint density at radius 3 is 2.17 bits per heavy atom. The van der Waals surface area contributed by atoms with E-state index in [1.807, 2.05) is 18.2 Å². The zero-order valence-corrected chi connectivity index (χ0v) is 15.2. The van der Waals surface area contributed by atoms with Gasteiger partial charge in [0.1, 0.15) is 0 Å². The SMILES string of the molecule is O=C1c2ccccc2C(=O)c2c(SCCCCCCS)cccc21. The second kappa shape index (κ2) is 8.04. The zero-order valence-electron chi connectivity index (χ0n) is 13.5. The highest BCUT2D eigenvalue weighted by Crippen LogP contribution is 2.34. The van der Waals surface area contributed by atoms with Crippen molar-refractivity contribution >= 4 is 36.0 Å². The van der Waals surface area contributed by atoms with Gasteiger partial charge in [0.2, 0.25) is 0 Å². The quantitative estimate of drug-likeness (QED) is 0.366. The second-order valence-electron chi connectivity index (χ2n) is 5.87. The fourth-order valence-corrected chi connectivity index (χ4v) is 4.30. The Morgan fingerprint density at radius 1 is 0.750 bits per heavy atom. The van der Waals surface area contributed by atoms with Crippen LogP contribution in [0.25, 0.3) is 0 Å². The molecular weight excluding hydrogens is 336 g/mol. The smallest absolute Gasteiger partial charge is 0.195 e. The largest absolute Gasteiger partial charge is 0.289 e. The summed E-state index contributed by atoms with van der Waals surface area (Å²) in [5.74, 6) is 1.83. The van der Waals surface area contributed by atoms with Gasteiger partial charge >= 0.3 is 0 Å². The van der Waals surface area contributed by atoms with Gasteiger partial charge in [-0.15, -0.1) is 11.8 Å². The standard InChI is InChI=1S/C20H20O2S2/c21-19-14-8-3-4-9-15(14)20(22)18-16(19)10-7-11-17(18)24-13-6-2-1-5-12-23/h3-4,7-11,23H,1-2,5-6,12-13H2. The third-order valence-electron chi connectivity index (χ3n) is 4.22. The molecule has 3 rings (SSSR count). The Labute approximate surface area is 152 Å². The molecule has 0 N–H and O–H groups in total. The molecule has 0 heterocycles. The first-order valence-corrected chi connectivity index (χ1v) is 9.91. The summed E-state index contributed by atoms with van der Waals surface area (Å²) in [6, 6.07) is 12.7. The molecule has 24 heavy (non-hydrogen) atoms. The minimum atomic E-state index is -0.0450. The third-order valence-corrected chi connectivity index (χ3v) is 5.68. The van der Waals surface area contributed by atoms with Crippen molar-refractivity contribution in [2.24, 2.45) is 0 Å². The van der Waals surface area contributed by atoms with Crippen molar-refractivity contribution in [1.29, 1.82) is 0 Å². The number of hydrogen-bond acceptors (Lipinski definition) is 4. The summed E-state index contributed by atoms with van der Waals surface area (Å²) in [7, 11) is 0. The first kappa shape index (κ1) is 17.3. The van der Waals surface area contributed by atoms with Gasteiger partial charge in [-0.25, -0.2) is 0 Å². The molecular formula is C20H20O2S2. The van der Waals surface area contributed by atoms with E-state index < -0.39 is 0 Å². The number of rotatable bonds is 7. The third kappa shape index (κ3) is 3.45. The van der Waals surface area contributed by atoms with Crippen molar-refractivity contribution in [3.05, 3.63) is 64.7 Å². The van der Waals surface area contributed by atoms with Gasteiger partial charge in [-0.05, 0) is 30.4 Å². The fourth-order valence-electron chi connectivity index (χ4n) is 2.98. The summed E-state index contributed by atoms with van der Waals surface area (Å²) in [5.41, 5.74) is 2.17. The first-order valence-electron chi connectivity index (χ1n) is 8.29. The molecule has 0 radical (unpaired) electrons. The van der Waals surface area contributed by atoms with E-state index in [4.69, 9.17) is 0 Å². The molecule has 0 aliphatic heterocycles. The lowest BCUT2D eigenvalue weighted by Gasteiger charge is -2.19. The van der Waals surface area contributed by atoms with Crippen LogP contribution in [0, 0.1) is 0 Å². The van der Waals surface area contributed by atoms with E-state index in [2.05, 4.69) is 12.6 Å². The van der Waals surface area contributed by atoms with E-state index in [9.17, 15) is 9.59 Å². The normalized spacial score (nSPS) is 12.9. The number of benzene rings is 2. The average Bonchev–Trinajstić information content (AvgIpc) is 2.62. The number of thioether (sulfide) groups is 1. The van der Waals surface area contributed by atoms with E-state index in [1.54, 1.807) is 36.0 Å². The highest BCUT2D eigenvalue weighted by atomic mass is 32.2. The van der Waals surface area contributed by atoms with Crippen molar-refractivity contribution in [3.8, 4) is 0 Å². The number of hydrogen-bond donors (Lipinski definition) is 1. The van der Waals surface area contributed by atoms with Gasteiger partial charge in [-0.3, -0.25) is 9.59 Å². The summed E-state index contributed by atoms with van der Waals surface area (Å²) >= 11 is 5.91. The molecule has 1 aliphatic carbocycles. The average molecular weight is 357 g/mol. The topological polar surface area (TPSA) is 34.1 Å². The molecule has 124 valence electrons. The van der Waals surface area contributed by atoms with Gasteiger partial charge in [0.25, 0.3) is 0 Å². The molecule has 0 aromatic heterocycles. The molecule has 0 bridgehead atoms. The van der Waals surface area contributed by atoms with E-state index >= 15 is 0 Å². The lowest BCUT2D eigenvalue weighted by Crippen LogP contribution is -2.21. The minimum absolute atomic E-state index is 0.0293. The molecule has 1 aliphatic rings. The lowest BCUT2D eigenvalue weighted by molar-refractivity contribution is 0.0977. The monoisotopic (exact) mass is 356 g/mol. The van der Waals surface area contributed by atoms with Gasteiger partial charge in [-0.2, -0.15) is 12.6 Å². The molecule has 0 saturated heterocycles. The number of carbonyl (C=O) groups excluding carboxylic acids is 2. The van der Waals surface area contributed by atoms with Crippen LogP contribution in [0.15, 0.2) is 47.4 Å². The number of thiol groups is 1. The Morgan fingerprint density at radius 2 is 1.42 bits per heavy atom. The number of unbranched alkanes of at least 4 members (excludes halogenated alkanes) is 3. The van der Waals surface area contributed by atoms with Gasteiger partial charge < -0.3 is 0 Å². The summed E-state index contributed by atoms with van der Waals surface area (Å²) in [5, 5.41) is 0. The summed E-state index contributed by atoms with van der Waals surface area (Å²) in [6.07, 6.45) is 4.64. The number of fused-ring (bicyclic) bond motifs is 2. The van der Waals surface area contributed by atoms with Crippen LogP contribution in [0.3, 0.4) is 0 Å². The molecule has 0 fully saturated rings. The van der Waals surface area contributed by atoms with E-state index in [0.29, 0.717) is 22.3 Å². The molecule has 4 heteroatoms. The van der Waals surface area contributed by atoms with Crippen LogP contribution in [0.5, 0.6) is 0 Å². The Hall–Kier alpha value is -1.52. The predicted molar refractivity (Wildman–Crippen MR) is 103 cm³/mol. The number of ketones is 2. The highest BCUT2D eigenvalue weighted by molar-refractivity contribution is 7.99. The van der Waals surface area contributed by atoms with Crippen LogP contribution in [-0.2, 0) is 0 Å². The lowest BCUT2D eigenvalue weighted by atomic mass is 9.84. The molecule has 0 amide bonds. The summed E-state index contributed by atoms with van der Waals surface area (Å²) < 4.78 is 0. The number of carbonyl (C=O) groups is 2. The van der Waals surface area contributed by atoms with E-state index in [1.165, 1.54) is 12.8 Å². The van der Waals surface area contributed by atoms with Crippen molar-refractivity contribution in [2.45, 2.75) is 30.6 Å². The Bertz CT molecular complexity index is 768. The maximum absolute atomic E-state index is 12.9. The summed E-state index contributed by atoms with van der Waals surface area (Å²) in [6.45, 7) is 0. The minimum Gasteiger partial charge on any atom is -0.289 e. The van der Waals surface area contributed by atoms with Crippen LogP contribution < -0.4 is 0 Å². The fraction of sp³-hybridized carbons (Fsp3) is 0.300. The van der Waals surface area contributed by atoms with Crippen molar-refractivity contribution in [1.82, 2.24) is 0 Å². The Balaban J connectivity index is 1.80. The van der Waals surface area contributed by atoms with E-state index in [0.717, 1.165) is 29.2 Å². The Kier molecular flexibility index (Phi) is 5.80. The molecule has 0 spiro atoms.